The Kier molecular flexibility index (Phi) is 10.1. The van der Waals surface area contributed by atoms with E-state index in [1.165, 1.54) is 70.6 Å². The van der Waals surface area contributed by atoms with Gasteiger partial charge in [-0.15, -0.1) is 0 Å². The smallest absolute Gasteiger partial charge is 0.417 e. The summed E-state index contributed by atoms with van der Waals surface area (Å²) in [6, 6.07) is 0. The minimum atomic E-state index is -2.57. The number of hydrogen-bond donors (Lipinski definition) is 0. The Morgan fingerprint density at radius 3 is 1.16 bits per heavy atom. The molecule has 1 aliphatic rings. The van der Waals surface area contributed by atoms with E-state index in [4.69, 9.17) is 12.7 Å². The van der Waals surface area contributed by atoms with E-state index in [0.29, 0.717) is 6.10 Å². The first kappa shape index (κ1) is 23.6. The van der Waals surface area contributed by atoms with Crippen molar-refractivity contribution >= 4 is 25.4 Å². The van der Waals surface area contributed by atoms with Crippen molar-refractivity contribution in [3.63, 3.8) is 0 Å². The molecular formula is C19H44O3Si3. The van der Waals surface area contributed by atoms with Crippen molar-refractivity contribution in [1.29, 1.82) is 0 Å². The molecule has 25 heavy (non-hydrogen) atoms. The lowest BCUT2D eigenvalue weighted by molar-refractivity contribution is 0.0874. The molecule has 0 bridgehead atoms. The predicted molar refractivity (Wildman–Crippen MR) is 116 cm³/mol. The summed E-state index contributed by atoms with van der Waals surface area (Å²) in [4.78, 5) is 0. The van der Waals surface area contributed by atoms with Gasteiger partial charge >= 0.3 is 8.80 Å². The first-order valence-electron chi connectivity index (χ1n) is 10.6. The molecule has 1 rings (SSSR count). The lowest BCUT2D eigenvalue weighted by Crippen LogP contribution is -2.56. The van der Waals surface area contributed by atoms with E-state index in [0.717, 1.165) is 0 Å². The highest BCUT2D eigenvalue weighted by molar-refractivity contribution is 6.85. The number of rotatable bonds is 6. The summed E-state index contributed by atoms with van der Waals surface area (Å²) in [6.45, 7) is 15.6. The zero-order valence-corrected chi connectivity index (χ0v) is 21.1. The van der Waals surface area contributed by atoms with Crippen LogP contribution >= 0.6 is 0 Å². The van der Waals surface area contributed by atoms with Crippen LogP contribution in [0.5, 0.6) is 0 Å². The minimum Gasteiger partial charge on any atom is -0.417 e. The Morgan fingerprint density at radius 2 is 0.840 bits per heavy atom. The molecule has 6 heteroatoms. The molecule has 0 N–H and O–H groups in total. The summed E-state index contributed by atoms with van der Waals surface area (Å²) in [5, 5.41) is 0. The van der Waals surface area contributed by atoms with Crippen molar-refractivity contribution in [2.24, 2.45) is 0 Å². The molecule has 0 aliphatic heterocycles. The first-order chi connectivity index (χ1) is 11.5. The van der Waals surface area contributed by atoms with Gasteiger partial charge in [0.2, 0.25) is 0 Å². The summed E-state index contributed by atoms with van der Waals surface area (Å²) in [6.07, 6.45) is 15.0. The van der Waals surface area contributed by atoms with Gasteiger partial charge < -0.3 is 12.7 Å². The van der Waals surface area contributed by atoms with Crippen molar-refractivity contribution in [3.05, 3.63) is 0 Å². The fourth-order valence-corrected chi connectivity index (χ4v) is 14.4. The molecule has 0 amide bonds. The summed E-state index contributed by atoms with van der Waals surface area (Å²) >= 11 is 0. The molecule has 150 valence electrons. The van der Waals surface area contributed by atoms with Gasteiger partial charge in [-0.25, -0.2) is 0 Å². The zero-order valence-electron chi connectivity index (χ0n) is 18.1. The molecule has 3 nitrogen and oxygen atoms in total. The van der Waals surface area contributed by atoms with Crippen molar-refractivity contribution in [3.8, 4) is 0 Å². The Balaban J connectivity index is 2.74. The third-order valence-corrected chi connectivity index (χ3v) is 13.0. The van der Waals surface area contributed by atoms with Crippen molar-refractivity contribution in [1.82, 2.24) is 0 Å². The van der Waals surface area contributed by atoms with Crippen LogP contribution in [0.3, 0.4) is 0 Å². The lowest BCUT2D eigenvalue weighted by Gasteiger charge is -2.39. The molecule has 0 spiro atoms. The molecule has 0 aromatic rings. The summed E-state index contributed by atoms with van der Waals surface area (Å²) in [7, 11) is -5.97. The largest absolute Gasteiger partial charge is 0.476 e. The molecule has 0 aromatic carbocycles. The van der Waals surface area contributed by atoms with E-state index in [-0.39, 0.29) is 0 Å². The zero-order chi connectivity index (χ0) is 19.0. The molecule has 0 atom stereocenters. The second-order valence-electron chi connectivity index (χ2n) is 9.79. The van der Waals surface area contributed by atoms with Crippen LogP contribution in [-0.4, -0.2) is 31.5 Å². The van der Waals surface area contributed by atoms with Gasteiger partial charge in [-0.3, -0.25) is 0 Å². The SMILES string of the molecule is C[Si](C)(C)O[Si](C)(OC1CCCCCCCCCCC1)O[Si](C)(C)C. The van der Waals surface area contributed by atoms with Gasteiger partial charge in [-0.1, -0.05) is 57.8 Å². The third-order valence-electron chi connectivity index (χ3n) is 4.42. The van der Waals surface area contributed by atoms with Crippen LogP contribution in [0.15, 0.2) is 0 Å². The second kappa shape index (κ2) is 10.8. The summed E-state index contributed by atoms with van der Waals surface area (Å²) in [5.41, 5.74) is 0. The molecule has 0 aromatic heterocycles. The standard InChI is InChI=1S/C19H44O3Si3/c1-23(2,3)21-25(7,22-24(4,5)6)20-19-17-15-13-11-9-8-10-12-14-16-18-19/h19H,8-18H2,1-7H3. The van der Waals surface area contributed by atoms with E-state index < -0.39 is 25.4 Å². The van der Waals surface area contributed by atoms with Gasteiger partial charge in [-0.05, 0) is 52.1 Å². The highest BCUT2D eigenvalue weighted by atomic mass is 28.5. The van der Waals surface area contributed by atoms with Gasteiger partial charge in [0.15, 0.2) is 16.6 Å². The Morgan fingerprint density at radius 1 is 0.520 bits per heavy atom. The molecular weight excluding hydrogens is 360 g/mol. The van der Waals surface area contributed by atoms with Crippen LogP contribution in [0.1, 0.15) is 70.6 Å². The minimum absolute atomic E-state index is 0.323. The van der Waals surface area contributed by atoms with Crippen LogP contribution in [0.25, 0.3) is 0 Å². The van der Waals surface area contributed by atoms with Crippen LogP contribution in [0.4, 0.5) is 0 Å². The predicted octanol–water partition coefficient (Wildman–Crippen LogP) is 6.95. The van der Waals surface area contributed by atoms with E-state index in [1.54, 1.807) is 0 Å². The van der Waals surface area contributed by atoms with Crippen molar-refractivity contribution in [2.75, 3.05) is 0 Å². The van der Waals surface area contributed by atoms with Gasteiger partial charge in [0.05, 0.1) is 0 Å². The topological polar surface area (TPSA) is 27.7 Å². The Hall–Kier alpha value is 0.531. The van der Waals surface area contributed by atoms with Crippen LogP contribution in [0.2, 0.25) is 45.8 Å². The van der Waals surface area contributed by atoms with Crippen molar-refractivity contribution < 1.29 is 12.7 Å². The highest BCUT2D eigenvalue weighted by Crippen LogP contribution is 2.27. The lowest BCUT2D eigenvalue weighted by atomic mass is 10.00. The Bertz CT molecular complexity index is 336. The van der Waals surface area contributed by atoms with Crippen LogP contribution in [-0.2, 0) is 12.7 Å². The maximum Gasteiger partial charge on any atom is 0.476 e. The molecule has 0 heterocycles. The maximum atomic E-state index is 6.70. The van der Waals surface area contributed by atoms with Gasteiger partial charge in [-0.2, -0.15) is 0 Å². The molecule has 0 radical (unpaired) electrons. The van der Waals surface area contributed by atoms with E-state index in [1.807, 2.05) is 0 Å². The fraction of sp³-hybridized carbons (Fsp3) is 1.00. The maximum absolute atomic E-state index is 6.70. The number of hydrogen-bond acceptors (Lipinski definition) is 3. The average molecular weight is 405 g/mol. The summed E-state index contributed by atoms with van der Waals surface area (Å²) < 4.78 is 19.8. The van der Waals surface area contributed by atoms with Crippen LogP contribution < -0.4 is 0 Å². The highest BCUT2D eigenvalue weighted by Gasteiger charge is 2.44. The summed E-state index contributed by atoms with van der Waals surface area (Å²) in [5.74, 6) is 0. The average Bonchev–Trinajstić information content (AvgIpc) is 2.37. The Labute approximate surface area is 160 Å². The molecule has 1 saturated carbocycles. The van der Waals surface area contributed by atoms with E-state index in [9.17, 15) is 0 Å². The van der Waals surface area contributed by atoms with E-state index in [2.05, 4.69) is 45.8 Å². The van der Waals surface area contributed by atoms with Crippen molar-refractivity contribution in [2.45, 2.75) is 123 Å². The molecule has 0 unspecified atom stereocenters. The van der Waals surface area contributed by atoms with Crippen LogP contribution in [0, 0.1) is 0 Å². The molecule has 1 fully saturated rings. The van der Waals surface area contributed by atoms with E-state index >= 15 is 0 Å². The molecule has 1 aliphatic carbocycles. The second-order valence-corrected chi connectivity index (χ2v) is 21.8. The monoisotopic (exact) mass is 404 g/mol. The fourth-order valence-electron chi connectivity index (χ4n) is 3.73. The van der Waals surface area contributed by atoms with Gasteiger partial charge in [0, 0.05) is 12.7 Å². The first-order valence-corrected chi connectivity index (χ1v) is 19.6. The normalized spacial score (nSPS) is 20.8. The van der Waals surface area contributed by atoms with Gasteiger partial charge in [0.1, 0.15) is 0 Å². The quantitative estimate of drug-likeness (QED) is 0.448. The van der Waals surface area contributed by atoms with Gasteiger partial charge in [0.25, 0.3) is 0 Å². The molecule has 0 saturated heterocycles. The third kappa shape index (κ3) is 12.5.